The van der Waals surface area contributed by atoms with E-state index in [0.717, 1.165) is 25.0 Å². The van der Waals surface area contributed by atoms with Crippen molar-refractivity contribution in [3.63, 3.8) is 0 Å². The predicted octanol–water partition coefficient (Wildman–Crippen LogP) is 4.59. The van der Waals surface area contributed by atoms with Crippen LogP contribution >= 0.6 is 0 Å². The van der Waals surface area contributed by atoms with Crippen LogP contribution in [-0.2, 0) is 44.5 Å². The number of unbranched alkanes of at least 4 members (excludes halogenated alkanes) is 1. The van der Waals surface area contributed by atoms with Gasteiger partial charge in [-0.05, 0) is 106 Å². The summed E-state index contributed by atoms with van der Waals surface area (Å²) in [5, 5.41) is 0. The third kappa shape index (κ3) is 20.4. The normalized spacial score (nSPS) is 17.1. The first-order valence-corrected chi connectivity index (χ1v) is 19.5. The molecule has 1 fully saturated rings. The second-order valence-corrected chi connectivity index (χ2v) is 17.0. The first-order valence-electron chi connectivity index (χ1n) is 19.5. The van der Waals surface area contributed by atoms with Gasteiger partial charge >= 0.3 is 23.9 Å². The number of aryl methyl sites for hydroxylation is 1. The van der Waals surface area contributed by atoms with Crippen LogP contribution < -0.4 is 4.74 Å². The Morgan fingerprint density at radius 2 is 1.00 bits per heavy atom. The first-order chi connectivity index (χ1) is 25.2. The van der Waals surface area contributed by atoms with Crippen molar-refractivity contribution < 1.29 is 42.9 Å². The van der Waals surface area contributed by atoms with Crippen molar-refractivity contribution in [1.29, 1.82) is 0 Å². The standard InChI is InChI=1S/C41H70N4O9/c1-12-51-33-19-17-32(18-20-33)15-13-14-16-34(38(49)50-11)45-27-25-43(30-36(47)53-40(5,6)7)23-21-42(29-35(46)52-39(2,3)4)22-24-44(26-28-45)31-37(48)54-41(8,9)10/h17-20,34H,12-16,21-31H2,1-11H3. The van der Waals surface area contributed by atoms with Gasteiger partial charge in [0.05, 0.1) is 33.4 Å². The Hall–Kier alpha value is -3.26. The number of methoxy groups -OCH3 is 1. The van der Waals surface area contributed by atoms with E-state index < -0.39 is 22.8 Å². The molecule has 0 amide bonds. The Kier molecular flexibility index (Phi) is 19.4. The molecule has 1 heterocycles. The smallest absolute Gasteiger partial charge is 0.323 e. The Morgan fingerprint density at radius 3 is 1.35 bits per heavy atom. The second-order valence-electron chi connectivity index (χ2n) is 17.0. The first kappa shape index (κ1) is 46.9. The quantitative estimate of drug-likeness (QED) is 0.141. The molecule has 1 unspecified atom stereocenters. The van der Waals surface area contributed by atoms with Gasteiger partial charge in [-0.3, -0.25) is 38.8 Å². The second kappa shape index (κ2) is 22.3. The van der Waals surface area contributed by atoms with E-state index in [-0.39, 0.29) is 43.5 Å². The van der Waals surface area contributed by atoms with Gasteiger partial charge in [-0.25, -0.2) is 0 Å². The number of benzene rings is 1. The summed E-state index contributed by atoms with van der Waals surface area (Å²) in [5.74, 6) is -0.505. The van der Waals surface area contributed by atoms with E-state index in [9.17, 15) is 19.2 Å². The molecule has 0 bridgehead atoms. The summed E-state index contributed by atoms with van der Waals surface area (Å²) in [7, 11) is 1.41. The highest BCUT2D eigenvalue weighted by molar-refractivity contribution is 5.75. The lowest BCUT2D eigenvalue weighted by atomic mass is 10.0. The Morgan fingerprint density at radius 1 is 0.611 bits per heavy atom. The number of hydrogen-bond acceptors (Lipinski definition) is 13. The zero-order valence-electron chi connectivity index (χ0n) is 35.2. The fraction of sp³-hybridized carbons (Fsp3) is 0.756. The summed E-state index contributed by atoms with van der Waals surface area (Å²) in [5.41, 5.74) is -0.714. The maximum Gasteiger partial charge on any atom is 0.323 e. The van der Waals surface area contributed by atoms with Crippen LogP contribution in [0.3, 0.4) is 0 Å². The van der Waals surface area contributed by atoms with Gasteiger partial charge < -0.3 is 23.7 Å². The number of esters is 4. The lowest BCUT2D eigenvalue weighted by Crippen LogP contribution is -2.52. The summed E-state index contributed by atoms with van der Waals surface area (Å²) in [6.07, 6.45) is 3.14. The maximum atomic E-state index is 13.4. The van der Waals surface area contributed by atoms with Crippen molar-refractivity contribution in [2.24, 2.45) is 0 Å². The minimum atomic E-state index is -0.642. The summed E-state index contributed by atoms with van der Waals surface area (Å²) < 4.78 is 27.9. The van der Waals surface area contributed by atoms with Gasteiger partial charge in [-0.1, -0.05) is 18.6 Å². The number of rotatable bonds is 15. The van der Waals surface area contributed by atoms with E-state index in [1.165, 1.54) is 12.7 Å². The Bertz CT molecular complexity index is 1260. The highest BCUT2D eigenvalue weighted by Gasteiger charge is 2.30. The summed E-state index contributed by atoms with van der Waals surface area (Å²) >= 11 is 0. The number of nitrogens with zero attached hydrogens (tertiary/aromatic N) is 4. The topological polar surface area (TPSA) is 127 Å². The van der Waals surface area contributed by atoms with E-state index in [0.29, 0.717) is 65.4 Å². The molecular formula is C41H70N4O9. The van der Waals surface area contributed by atoms with Gasteiger partial charge in [0, 0.05) is 52.4 Å². The summed E-state index contributed by atoms with van der Waals surface area (Å²) in [4.78, 5) is 60.7. The summed E-state index contributed by atoms with van der Waals surface area (Å²) in [6.45, 7) is 23.0. The van der Waals surface area contributed by atoms with Crippen molar-refractivity contribution in [2.75, 3.05) is 85.7 Å². The SMILES string of the molecule is CCOc1ccc(CCCCC(C(=O)OC)N2CCN(CC(=O)OC(C)(C)C)CCN(CC(=O)OC(C)(C)C)CCN(CC(=O)OC(C)(C)C)CC2)cc1. The molecule has 0 spiro atoms. The van der Waals surface area contributed by atoms with Crippen molar-refractivity contribution >= 4 is 23.9 Å². The highest BCUT2D eigenvalue weighted by atomic mass is 16.6. The third-order valence-corrected chi connectivity index (χ3v) is 8.53. The van der Waals surface area contributed by atoms with Crippen LogP contribution in [0, 0.1) is 0 Å². The number of carbonyl (C=O) groups excluding carboxylic acids is 4. The van der Waals surface area contributed by atoms with Crippen LogP contribution in [0.2, 0.25) is 0 Å². The number of carbonyl (C=O) groups is 4. The van der Waals surface area contributed by atoms with Crippen molar-refractivity contribution in [1.82, 2.24) is 19.6 Å². The largest absolute Gasteiger partial charge is 0.494 e. The van der Waals surface area contributed by atoms with Gasteiger partial charge in [0.2, 0.25) is 0 Å². The molecule has 13 heteroatoms. The average molecular weight is 763 g/mol. The average Bonchev–Trinajstić information content (AvgIpc) is 3.03. The zero-order chi connectivity index (χ0) is 40.5. The molecule has 0 aliphatic carbocycles. The zero-order valence-corrected chi connectivity index (χ0v) is 35.2. The molecule has 0 radical (unpaired) electrons. The molecule has 1 aromatic carbocycles. The molecule has 1 atom stereocenters. The molecule has 54 heavy (non-hydrogen) atoms. The molecule has 13 nitrogen and oxygen atoms in total. The molecule has 308 valence electrons. The molecule has 1 aromatic rings. The molecule has 1 aliphatic heterocycles. The van der Waals surface area contributed by atoms with E-state index in [4.69, 9.17) is 23.7 Å². The van der Waals surface area contributed by atoms with Gasteiger partial charge in [0.1, 0.15) is 28.6 Å². The van der Waals surface area contributed by atoms with Crippen molar-refractivity contribution in [3.05, 3.63) is 29.8 Å². The van der Waals surface area contributed by atoms with E-state index >= 15 is 0 Å². The van der Waals surface area contributed by atoms with E-state index in [2.05, 4.69) is 17.0 Å². The van der Waals surface area contributed by atoms with Gasteiger partial charge in [0.25, 0.3) is 0 Å². The third-order valence-electron chi connectivity index (χ3n) is 8.53. The van der Waals surface area contributed by atoms with Crippen LogP contribution in [0.4, 0.5) is 0 Å². The molecule has 0 saturated carbocycles. The fourth-order valence-corrected chi connectivity index (χ4v) is 6.18. The molecule has 0 aromatic heterocycles. The number of ether oxygens (including phenoxy) is 5. The minimum absolute atomic E-state index is 0.0567. The van der Waals surface area contributed by atoms with Gasteiger partial charge in [-0.15, -0.1) is 0 Å². The monoisotopic (exact) mass is 763 g/mol. The summed E-state index contributed by atoms with van der Waals surface area (Å²) in [6, 6.07) is 7.59. The van der Waals surface area contributed by atoms with E-state index in [1.54, 1.807) is 0 Å². The minimum Gasteiger partial charge on any atom is -0.494 e. The molecular weight excluding hydrogens is 692 g/mol. The fourth-order valence-electron chi connectivity index (χ4n) is 6.18. The van der Waals surface area contributed by atoms with Crippen LogP contribution in [0.5, 0.6) is 5.75 Å². The van der Waals surface area contributed by atoms with Crippen molar-refractivity contribution in [3.8, 4) is 5.75 Å². The van der Waals surface area contributed by atoms with Crippen LogP contribution in [-0.4, -0.2) is 152 Å². The molecule has 1 aliphatic rings. The van der Waals surface area contributed by atoms with Crippen LogP contribution in [0.15, 0.2) is 24.3 Å². The Balaban J connectivity index is 2.35. The maximum absolute atomic E-state index is 13.4. The molecule has 1 saturated heterocycles. The van der Waals surface area contributed by atoms with Crippen LogP contribution in [0.25, 0.3) is 0 Å². The van der Waals surface area contributed by atoms with Crippen LogP contribution in [0.1, 0.15) is 94.1 Å². The molecule has 2 rings (SSSR count). The lowest BCUT2D eigenvalue weighted by molar-refractivity contribution is -0.159. The lowest BCUT2D eigenvalue weighted by Gasteiger charge is -2.36. The van der Waals surface area contributed by atoms with Gasteiger partial charge in [0.15, 0.2) is 0 Å². The van der Waals surface area contributed by atoms with E-state index in [1.807, 2.05) is 96.1 Å². The van der Waals surface area contributed by atoms with Gasteiger partial charge in [-0.2, -0.15) is 0 Å². The molecule has 0 N–H and O–H groups in total. The Labute approximate surface area is 324 Å². The number of hydrogen-bond donors (Lipinski definition) is 0. The predicted molar refractivity (Wildman–Crippen MR) is 209 cm³/mol. The van der Waals surface area contributed by atoms with Crippen molar-refractivity contribution in [2.45, 2.75) is 118 Å². The highest BCUT2D eigenvalue weighted by Crippen LogP contribution is 2.18.